The molecule has 0 fully saturated rings. The van der Waals surface area contributed by atoms with E-state index in [9.17, 15) is 9.59 Å². The minimum Gasteiger partial charge on any atom is -0.268 e. The molecule has 0 N–H and O–H groups in total. The van der Waals surface area contributed by atoms with Crippen LogP contribution in [0, 0.1) is 13.8 Å². The van der Waals surface area contributed by atoms with Crippen molar-refractivity contribution in [1.82, 2.24) is 0 Å². The van der Waals surface area contributed by atoms with E-state index in [1.807, 2.05) is 26.0 Å². The molecule has 0 aliphatic carbocycles. The summed E-state index contributed by atoms with van der Waals surface area (Å²) in [5.74, 6) is -1.12. The quantitative estimate of drug-likeness (QED) is 0.677. The maximum absolute atomic E-state index is 12.9. The maximum atomic E-state index is 12.9. The third-order valence-corrected chi connectivity index (χ3v) is 5.01. The van der Waals surface area contributed by atoms with E-state index in [4.69, 9.17) is 34.8 Å². The molecule has 1 heterocycles. The van der Waals surface area contributed by atoms with Gasteiger partial charge in [-0.1, -0.05) is 64.6 Å². The fourth-order valence-electron chi connectivity index (χ4n) is 2.71. The molecular weight excluding hydrogens is 369 g/mol. The van der Waals surface area contributed by atoms with E-state index in [2.05, 4.69) is 0 Å². The second-order valence-electron chi connectivity index (χ2n) is 5.53. The maximum Gasteiger partial charge on any atom is 0.277 e. The molecule has 3 rings (SSSR count). The van der Waals surface area contributed by atoms with Gasteiger partial charge in [0, 0.05) is 0 Å². The summed E-state index contributed by atoms with van der Waals surface area (Å²) >= 11 is 18.3. The van der Waals surface area contributed by atoms with Gasteiger partial charge in [-0.05, 0) is 37.1 Å². The highest BCUT2D eigenvalue weighted by Crippen LogP contribution is 2.40. The first-order valence-corrected chi connectivity index (χ1v) is 8.26. The van der Waals surface area contributed by atoms with E-state index < -0.39 is 11.8 Å². The van der Waals surface area contributed by atoms with Gasteiger partial charge in [-0.15, -0.1) is 0 Å². The SMILES string of the molecule is Cc1ccc(C2=C(Cl)C(=O)N(c3cccc(Cl)c3Cl)C2=O)c(C)c1. The van der Waals surface area contributed by atoms with Gasteiger partial charge in [-0.2, -0.15) is 0 Å². The van der Waals surface area contributed by atoms with Crippen LogP contribution in [0.4, 0.5) is 5.69 Å². The number of rotatable bonds is 2. The number of hydrogen-bond acceptors (Lipinski definition) is 2. The molecule has 0 saturated heterocycles. The highest BCUT2D eigenvalue weighted by atomic mass is 35.5. The number of benzene rings is 2. The van der Waals surface area contributed by atoms with E-state index in [1.54, 1.807) is 24.3 Å². The van der Waals surface area contributed by atoms with Crippen molar-refractivity contribution in [1.29, 1.82) is 0 Å². The zero-order valence-corrected chi connectivity index (χ0v) is 15.1. The highest BCUT2D eigenvalue weighted by Gasteiger charge is 2.40. The average Bonchev–Trinajstić information content (AvgIpc) is 2.74. The minimum absolute atomic E-state index is 0.122. The van der Waals surface area contributed by atoms with Gasteiger partial charge in [0.25, 0.3) is 11.8 Å². The molecule has 0 unspecified atom stereocenters. The number of amides is 2. The first-order valence-electron chi connectivity index (χ1n) is 7.13. The number of anilines is 1. The van der Waals surface area contributed by atoms with Gasteiger partial charge in [0.1, 0.15) is 5.03 Å². The summed E-state index contributed by atoms with van der Waals surface area (Å²) in [4.78, 5) is 26.4. The van der Waals surface area contributed by atoms with Crippen molar-refractivity contribution in [3.63, 3.8) is 0 Å². The number of aryl methyl sites for hydroxylation is 2. The van der Waals surface area contributed by atoms with Crippen LogP contribution in [0.3, 0.4) is 0 Å². The van der Waals surface area contributed by atoms with Gasteiger partial charge >= 0.3 is 0 Å². The van der Waals surface area contributed by atoms with Gasteiger partial charge in [-0.3, -0.25) is 9.59 Å². The minimum atomic E-state index is -0.610. The predicted octanol–water partition coefficient (Wildman–Crippen LogP) is 5.13. The van der Waals surface area contributed by atoms with Crippen LogP contribution in [0.15, 0.2) is 41.4 Å². The number of carbonyl (C=O) groups is 2. The Bertz CT molecular complexity index is 918. The first-order chi connectivity index (χ1) is 11.3. The fourth-order valence-corrected chi connectivity index (χ4v) is 3.36. The zero-order valence-electron chi connectivity index (χ0n) is 12.9. The van der Waals surface area contributed by atoms with Crippen LogP contribution in [0.2, 0.25) is 10.0 Å². The summed E-state index contributed by atoms with van der Waals surface area (Å²) in [5.41, 5.74) is 2.94. The number of imide groups is 1. The van der Waals surface area contributed by atoms with Crippen molar-refractivity contribution in [2.75, 3.05) is 4.90 Å². The molecule has 0 spiro atoms. The second-order valence-corrected chi connectivity index (χ2v) is 6.69. The van der Waals surface area contributed by atoms with Gasteiger partial charge in [-0.25, -0.2) is 4.90 Å². The molecule has 1 aliphatic heterocycles. The summed E-state index contributed by atoms with van der Waals surface area (Å²) in [7, 11) is 0. The molecule has 2 aromatic carbocycles. The Morgan fingerprint density at radius 3 is 2.29 bits per heavy atom. The van der Waals surface area contributed by atoms with Crippen LogP contribution in [0.25, 0.3) is 5.57 Å². The molecular formula is C18H12Cl3NO2. The van der Waals surface area contributed by atoms with Crippen LogP contribution in [0.5, 0.6) is 0 Å². The van der Waals surface area contributed by atoms with E-state index in [1.165, 1.54) is 0 Å². The summed E-state index contributed by atoms with van der Waals surface area (Å²) in [6, 6.07) is 10.3. The molecule has 2 aromatic rings. The lowest BCUT2D eigenvalue weighted by molar-refractivity contribution is -0.119. The molecule has 24 heavy (non-hydrogen) atoms. The summed E-state index contributed by atoms with van der Waals surface area (Å²) in [5, 5.41) is 0.265. The molecule has 2 amide bonds. The predicted molar refractivity (Wildman–Crippen MR) is 97.6 cm³/mol. The standard InChI is InChI=1S/C18H12Cl3NO2/c1-9-6-7-11(10(2)8-9)14-16(21)18(24)22(17(14)23)13-5-3-4-12(19)15(13)20/h3-8H,1-2H3. The van der Waals surface area contributed by atoms with Gasteiger partial charge in [0.2, 0.25) is 0 Å². The van der Waals surface area contributed by atoms with Crippen molar-refractivity contribution in [2.45, 2.75) is 13.8 Å². The molecule has 0 atom stereocenters. The van der Waals surface area contributed by atoms with Crippen molar-refractivity contribution in [3.05, 3.63) is 68.2 Å². The number of nitrogens with zero attached hydrogens (tertiary/aromatic N) is 1. The molecule has 0 radical (unpaired) electrons. The third kappa shape index (κ3) is 2.63. The Kier molecular flexibility index (Phi) is 4.43. The Morgan fingerprint density at radius 1 is 0.917 bits per heavy atom. The van der Waals surface area contributed by atoms with Crippen molar-refractivity contribution in [2.24, 2.45) is 0 Å². The van der Waals surface area contributed by atoms with Crippen LogP contribution >= 0.6 is 34.8 Å². The average molecular weight is 381 g/mol. The number of halogens is 3. The Hall–Kier alpha value is -1.81. The van der Waals surface area contributed by atoms with Gasteiger partial charge in [0.15, 0.2) is 0 Å². The topological polar surface area (TPSA) is 37.4 Å². The van der Waals surface area contributed by atoms with Gasteiger partial charge < -0.3 is 0 Å². The smallest absolute Gasteiger partial charge is 0.268 e. The molecule has 0 saturated carbocycles. The largest absolute Gasteiger partial charge is 0.277 e. The summed E-state index contributed by atoms with van der Waals surface area (Å²) in [6.45, 7) is 3.82. The van der Waals surface area contributed by atoms with Crippen molar-refractivity contribution < 1.29 is 9.59 Å². The lowest BCUT2D eigenvalue weighted by Gasteiger charge is -2.17. The fraction of sp³-hybridized carbons (Fsp3) is 0.111. The summed E-state index contributed by atoms with van der Waals surface area (Å²) in [6.07, 6.45) is 0. The Morgan fingerprint density at radius 2 is 1.62 bits per heavy atom. The molecule has 6 heteroatoms. The van der Waals surface area contributed by atoms with E-state index in [-0.39, 0.29) is 26.3 Å². The zero-order chi connectivity index (χ0) is 17.6. The van der Waals surface area contributed by atoms with E-state index >= 15 is 0 Å². The lowest BCUT2D eigenvalue weighted by Crippen LogP contribution is -2.31. The molecule has 3 nitrogen and oxygen atoms in total. The monoisotopic (exact) mass is 379 g/mol. The lowest BCUT2D eigenvalue weighted by atomic mass is 9.99. The second kappa shape index (κ2) is 6.25. The third-order valence-electron chi connectivity index (χ3n) is 3.85. The Labute approximate surface area is 154 Å². The highest BCUT2D eigenvalue weighted by molar-refractivity contribution is 6.61. The molecule has 0 aromatic heterocycles. The summed E-state index contributed by atoms with van der Waals surface area (Å²) < 4.78 is 0. The molecule has 0 bridgehead atoms. The van der Waals surface area contributed by atoms with Crippen LogP contribution in [-0.2, 0) is 9.59 Å². The molecule has 1 aliphatic rings. The van der Waals surface area contributed by atoms with Crippen LogP contribution in [0.1, 0.15) is 16.7 Å². The van der Waals surface area contributed by atoms with Crippen molar-refractivity contribution in [3.8, 4) is 0 Å². The van der Waals surface area contributed by atoms with E-state index in [0.29, 0.717) is 5.56 Å². The molecule has 122 valence electrons. The van der Waals surface area contributed by atoms with Crippen molar-refractivity contribution >= 4 is 57.9 Å². The first kappa shape index (κ1) is 17.0. The van der Waals surface area contributed by atoms with Crippen LogP contribution in [-0.4, -0.2) is 11.8 Å². The van der Waals surface area contributed by atoms with Gasteiger partial charge in [0.05, 0.1) is 21.3 Å². The van der Waals surface area contributed by atoms with E-state index in [0.717, 1.165) is 16.0 Å². The Balaban J connectivity index is 2.13. The number of carbonyl (C=O) groups excluding carboxylic acids is 2. The normalized spacial score (nSPS) is 14.8. The van der Waals surface area contributed by atoms with Crippen LogP contribution < -0.4 is 4.90 Å². The number of hydrogen-bond donors (Lipinski definition) is 0.